The maximum atomic E-state index is 13.0. The molecule has 0 spiro atoms. The number of anilines is 1. The van der Waals surface area contributed by atoms with E-state index in [1.54, 1.807) is 6.20 Å². The second-order valence-electron chi connectivity index (χ2n) is 5.80. The normalized spacial score (nSPS) is 14.2. The molecular formula is C17H15ClF3N3S. The smallest absolute Gasteiger partial charge is 0.340 e. The SMILES string of the molecule is FC(F)(F)c1cc(NC(=S)N(Cc2ccccn2)C2CC2)ccc1Cl. The molecule has 3 rings (SSSR count). The fourth-order valence-corrected chi connectivity index (χ4v) is 2.99. The molecular weight excluding hydrogens is 371 g/mol. The van der Waals surface area contributed by atoms with Crippen LogP contribution in [0.3, 0.4) is 0 Å². The molecule has 1 heterocycles. The first kappa shape index (κ1) is 17.9. The van der Waals surface area contributed by atoms with E-state index < -0.39 is 11.7 Å². The summed E-state index contributed by atoms with van der Waals surface area (Å²) < 4.78 is 39.0. The largest absolute Gasteiger partial charge is 0.417 e. The van der Waals surface area contributed by atoms with Crippen LogP contribution in [0.15, 0.2) is 42.6 Å². The van der Waals surface area contributed by atoms with Crippen molar-refractivity contribution in [2.45, 2.75) is 31.6 Å². The van der Waals surface area contributed by atoms with Crippen LogP contribution < -0.4 is 5.32 Å². The van der Waals surface area contributed by atoms with E-state index in [1.165, 1.54) is 12.1 Å². The van der Waals surface area contributed by atoms with Crippen LogP contribution in [0.5, 0.6) is 0 Å². The van der Waals surface area contributed by atoms with Gasteiger partial charge in [-0.1, -0.05) is 17.7 Å². The van der Waals surface area contributed by atoms with Gasteiger partial charge in [-0.15, -0.1) is 0 Å². The number of hydrogen-bond acceptors (Lipinski definition) is 2. The van der Waals surface area contributed by atoms with Crippen molar-refractivity contribution in [2.24, 2.45) is 0 Å². The van der Waals surface area contributed by atoms with Gasteiger partial charge in [-0.3, -0.25) is 4.98 Å². The molecule has 0 radical (unpaired) electrons. The molecule has 1 aromatic heterocycles. The Bertz CT molecular complexity index is 763. The van der Waals surface area contributed by atoms with E-state index in [1.807, 2.05) is 23.1 Å². The van der Waals surface area contributed by atoms with Gasteiger partial charge in [-0.2, -0.15) is 13.2 Å². The molecule has 3 nitrogen and oxygen atoms in total. The van der Waals surface area contributed by atoms with Crippen LogP contribution in [-0.2, 0) is 12.7 Å². The van der Waals surface area contributed by atoms with Crippen LogP contribution in [0.25, 0.3) is 0 Å². The third-order valence-electron chi connectivity index (χ3n) is 3.83. The molecule has 0 atom stereocenters. The zero-order chi connectivity index (χ0) is 18.0. The first-order valence-corrected chi connectivity index (χ1v) is 8.47. The number of thiocarbonyl (C=S) groups is 1. The van der Waals surface area contributed by atoms with Crippen LogP contribution >= 0.6 is 23.8 Å². The highest BCUT2D eigenvalue weighted by molar-refractivity contribution is 7.80. The molecule has 0 amide bonds. The summed E-state index contributed by atoms with van der Waals surface area (Å²) in [6.45, 7) is 0.511. The Morgan fingerprint density at radius 1 is 1.28 bits per heavy atom. The fraction of sp³-hybridized carbons (Fsp3) is 0.294. The molecule has 1 N–H and O–H groups in total. The molecule has 8 heteroatoms. The van der Waals surface area contributed by atoms with Crippen LogP contribution in [-0.4, -0.2) is 21.0 Å². The monoisotopic (exact) mass is 385 g/mol. The number of aromatic nitrogens is 1. The average Bonchev–Trinajstić information content (AvgIpc) is 3.39. The van der Waals surface area contributed by atoms with E-state index in [4.69, 9.17) is 23.8 Å². The van der Waals surface area contributed by atoms with E-state index in [-0.39, 0.29) is 16.8 Å². The van der Waals surface area contributed by atoms with Gasteiger partial charge in [0.2, 0.25) is 0 Å². The number of nitrogens with zero attached hydrogens (tertiary/aromatic N) is 2. The zero-order valence-electron chi connectivity index (χ0n) is 13.1. The molecule has 0 bridgehead atoms. The summed E-state index contributed by atoms with van der Waals surface area (Å²) in [5.74, 6) is 0. The molecule has 25 heavy (non-hydrogen) atoms. The Morgan fingerprint density at radius 3 is 2.64 bits per heavy atom. The van der Waals surface area contributed by atoms with Gasteiger partial charge in [0.1, 0.15) is 0 Å². The summed E-state index contributed by atoms with van der Waals surface area (Å²) in [7, 11) is 0. The van der Waals surface area contributed by atoms with Crippen molar-refractivity contribution in [1.29, 1.82) is 0 Å². The predicted molar refractivity (Wildman–Crippen MR) is 95.5 cm³/mol. The van der Waals surface area contributed by atoms with Crippen LogP contribution in [0, 0.1) is 0 Å². The number of pyridine rings is 1. The number of rotatable bonds is 4. The second-order valence-corrected chi connectivity index (χ2v) is 6.60. The van der Waals surface area contributed by atoms with Crippen molar-refractivity contribution in [1.82, 2.24) is 9.88 Å². The van der Waals surface area contributed by atoms with Crippen LogP contribution in [0.1, 0.15) is 24.1 Å². The first-order chi connectivity index (χ1) is 11.8. The highest BCUT2D eigenvalue weighted by Crippen LogP contribution is 2.36. The summed E-state index contributed by atoms with van der Waals surface area (Å²) in [5.41, 5.74) is 0.226. The molecule has 1 aliphatic carbocycles. The Labute approximate surface area is 153 Å². The summed E-state index contributed by atoms with van der Waals surface area (Å²) in [6, 6.07) is 9.57. The summed E-state index contributed by atoms with van der Waals surface area (Å²) in [4.78, 5) is 6.24. The van der Waals surface area contributed by atoms with Gasteiger partial charge in [0.25, 0.3) is 0 Å². The van der Waals surface area contributed by atoms with Gasteiger partial charge >= 0.3 is 6.18 Å². The lowest BCUT2D eigenvalue weighted by Gasteiger charge is -2.25. The number of hydrogen-bond donors (Lipinski definition) is 1. The van der Waals surface area contributed by atoms with Crippen molar-refractivity contribution >= 4 is 34.6 Å². The van der Waals surface area contributed by atoms with E-state index in [0.717, 1.165) is 24.6 Å². The van der Waals surface area contributed by atoms with Gasteiger partial charge in [-0.25, -0.2) is 0 Å². The predicted octanol–water partition coefficient (Wildman–Crippen LogP) is 5.12. The van der Waals surface area contributed by atoms with E-state index >= 15 is 0 Å². The van der Waals surface area contributed by atoms with Gasteiger partial charge in [0.05, 0.1) is 22.8 Å². The number of halogens is 4. The average molecular weight is 386 g/mol. The Hall–Kier alpha value is -1.86. The maximum absolute atomic E-state index is 13.0. The third kappa shape index (κ3) is 4.61. The molecule has 1 saturated carbocycles. The molecule has 0 saturated heterocycles. The molecule has 1 aromatic carbocycles. The number of benzene rings is 1. The Morgan fingerprint density at radius 2 is 2.04 bits per heavy atom. The third-order valence-corrected chi connectivity index (χ3v) is 4.50. The van der Waals surface area contributed by atoms with Crippen LogP contribution in [0.4, 0.5) is 18.9 Å². The summed E-state index contributed by atoms with van der Waals surface area (Å²) in [6.07, 6.45) is -0.807. The lowest BCUT2D eigenvalue weighted by atomic mass is 10.2. The first-order valence-electron chi connectivity index (χ1n) is 7.69. The van der Waals surface area contributed by atoms with E-state index in [9.17, 15) is 13.2 Å². The van der Waals surface area contributed by atoms with Crippen molar-refractivity contribution in [2.75, 3.05) is 5.32 Å². The van der Waals surface area contributed by atoms with Crippen LogP contribution in [0.2, 0.25) is 5.02 Å². The van der Waals surface area contributed by atoms with Gasteiger partial charge < -0.3 is 10.2 Å². The quantitative estimate of drug-likeness (QED) is 0.740. The van der Waals surface area contributed by atoms with E-state index in [0.29, 0.717) is 11.7 Å². The van der Waals surface area contributed by atoms with Gasteiger partial charge in [-0.05, 0) is 55.4 Å². The standard InChI is InChI=1S/C17H15ClF3N3S/c18-15-7-4-11(9-14(15)17(19,20)21)23-16(25)24(13-5-6-13)10-12-3-1-2-8-22-12/h1-4,7-9,13H,5-6,10H2,(H,23,25). The molecule has 1 fully saturated rings. The second kappa shape index (κ2) is 7.17. The minimum atomic E-state index is -4.51. The highest BCUT2D eigenvalue weighted by atomic mass is 35.5. The minimum Gasteiger partial charge on any atom is -0.340 e. The number of nitrogens with one attached hydrogen (secondary N) is 1. The van der Waals surface area contributed by atoms with Gasteiger partial charge in [0.15, 0.2) is 5.11 Å². The maximum Gasteiger partial charge on any atom is 0.417 e. The molecule has 2 aromatic rings. The summed E-state index contributed by atoms with van der Waals surface area (Å²) in [5, 5.41) is 2.94. The number of alkyl halides is 3. The fourth-order valence-electron chi connectivity index (χ4n) is 2.43. The van der Waals surface area contributed by atoms with Crippen molar-refractivity contribution < 1.29 is 13.2 Å². The minimum absolute atomic E-state index is 0.258. The van der Waals surface area contributed by atoms with Crippen molar-refractivity contribution in [3.05, 3.63) is 58.9 Å². The highest BCUT2D eigenvalue weighted by Gasteiger charge is 2.34. The van der Waals surface area contributed by atoms with Gasteiger partial charge in [0, 0.05) is 17.9 Å². The lowest BCUT2D eigenvalue weighted by Crippen LogP contribution is -2.36. The summed E-state index contributed by atoms with van der Waals surface area (Å²) >= 11 is 11.1. The molecule has 1 aliphatic rings. The Balaban J connectivity index is 1.76. The van der Waals surface area contributed by atoms with Crippen molar-refractivity contribution in [3.63, 3.8) is 0 Å². The topological polar surface area (TPSA) is 28.2 Å². The zero-order valence-corrected chi connectivity index (χ0v) is 14.6. The Kier molecular flexibility index (Phi) is 5.15. The van der Waals surface area contributed by atoms with E-state index in [2.05, 4.69) is 10.3 Å². The van der Waals surface area contributed by atoms with Crippen molar-refractivity contribution in [3.8, 4) is 0 Å². The molecule has 0 aliphatic heterocycles. The molecule has 132 valence electrons. The lowest BCUT2D eigenvalue weighted by molar-refractivity contribution is -0.137. The molecule has 0 unspecified atom stereocenters.